The second-order valence-corrected chi connectivity index (χ2v) is 5.29. The number of hydrogen-bond acceptors (Lipinski definition) is 3. The lowest BCUT2D eigenvalue weighted by atomic mass is 10.0. The molecule has 0 spiro atoms. The van der Waals surface area contributed by atoms with Crippen LogP contribution >= 0.6 is 0 Å². The summed E-state index contributed by atoms with van der Waals surface area (Å²) in [6.07, 6.45) is 3.15. The Bertz CT molecular complexity index is 401. The first-order valence-electron chi connectivity index (χ1n) is 7.60. The summed E-state index contributed by atoms with van der Waals surface area (Å²) in [5.74, 6) is 0.211. The van der Waals surface area contributed by atoms with Gasteiger partial charge in [-0.1, -0.05) is 25.1 Å². The summed E-state index contributed by atoms with van der Waals surface area (Å²) >= 11 is 0. The highest BCUT2D eigenvalue weighted by molar-refractivity contribution is 5.81. The fourth-order valence-electron chi connectivity index (χ4n) is 2.71. The van der Waals surface area contributed by atoms with Crippen LogP contribution in [0.1, 0.15) is 26.2 Å². The van der Waals surface area contributed by atoms with E-state index in [0.717, 1.165) is 44.6 Å². The molecule has 110 valence electrons. The third-order valence-corrected chi connectivity index (χ3v) is 3.75. The molecule has 1 saturated heterocycles. The van der Waals surface area contributed by atoms with Crippen LogP contribution in [0.2, 0.25) is 0 Å². The molecule has 0 saturated carbocycles. The van der Waals surface area contributed by atoms with Gasteiger partial charge < -0.3 is 15.5 Å². The van der Waals surface area contributed by atoms with Gasteiger partial charge in [0.05, 0.1) is 6.54 Å². The molecule has 4 heteroatoms. The lowest BCUT2D eigenvalue weighted by molar-refractivity contribution is -0.132. The summed E-state index contributed by atoms with van der Waals surface area (Å²) in [5.41, 5.74) is 1.00. The van der Waals surface area contributed by atoms with Crippen LogP contribution in [0.25, 0.3) is 0 Å². The number of anilines is 1. The summed E-state index contributed by atoms with van der Waals surface area (Å²) in [4.78, 5) is 14.5. The summed E-state index contributed by atoms with van der Waals surface area (Å²) < 4.78 is 0. The first-order chi connectivity index (χ1) is 9.81. The van der Waals surface area contributed by atoms with Gasteiger partial charge in [0.15, 0.2) is 0 Å². The molecule has 0 aromatic heterocycles. The van der Waals surface area contributed by atoms with E-state index in [1.807, 2.05) is 30.3 Å². The van der Waals surface area contributed by atoms with Gasteiger partial charge in [-0.15, -0.1) is 0 Å². The predicted molar refractivity (Wildman–Crippen MR) is 82.8 cm³/mol. The first kappa shape index (κ1) is 14.9. The molecule has 20 heavy (non-hydrogen) atoms. The maximum absolute atomic E-state index is 12.4. The van der Waals surface area contributed by atoms with Crippen molar-refractivity contribution in [3.8, 4) is 0 Å². The van der Waals surface area contributed by atoms with E-state index in [1.54, 1.807) is 0 Å². The Hall–Kier alpha value is -1.55. The van der Waals surface area contributed by atoms with Crippen LogP contribution in [0.5, 0.6) is 0 Å². The summed E-state index contributed by atoms with van der Waals surface area (Å²) in [6.45, 7) is 5.41. The Morgan fingerprint density at radius 3 is 2.65 bits per heavy atom. The minimum absolute atomic E-state index is 0.211. The minimum Gasteiger partial charge on any atom is -0.376 e. The van der Waals surface area contributed by atoms with E-state index in [-0.39, 0.29) is 5.91 Å². The van der Waals surface area contributed by atoms with Gasteiger partial charge >= 0.3 is 0 Å². The van der Waals surface area contributed by atoms with Crippen LogP contribution in [0.15, 0.2) is 30.3 Å². The predicted octanol–water partition coefficient (Wildman–Crippen LogP) is 2.09. The molecule has 0 radical (unpaired) electrons. The van der Waals surface area contributed by atoms with Gasteiger partial charge in [-0.3, -0.25) is 4.79 Å². The number of nitrogens with zero attached hydrogens (tertiary/aromatic N) is 1. The number of amides is 1. The van der Waals surface area contributed by atoms with Crippen molar-refractivity contribution in [2.75, 3.05) is 31.5 Å². The summed E-state index contributed by atoms with van der Waals surface area (Å²) in [7, 11) is 0. The molecule has 1 amide bonds. The molecule has 0 aliphatic carbocycles. The van der Waals surface area contributed by atoms with E-state index < -0.39 is 0 Å². The third kappa shape index (κ3) is 4.23. The Morgan fingerprint density at radius 2 is 2.00 bits per heavy atom. The number of piperidine rings is 1. The van der Waals surface area contributed by atoms with E-state index in [9.17, 15) is 4.79 Å². The molecule has 2 rings (SSSR count). The molecule has 0 bridgehead atoms. The van der Waals surface area contributed by atoms with Crippen LogP contribution < -0.4 is 10.6 Å². The normalized spacial score (nSPS) is 15.8. The quantitative estimate of drug-likeness (QED) is 0.835. The average molecular weight is 275 g/mol. The highest BCUT2D eigenvalue weighted by atomic mass is 16.2. The van der Waals surface area contributed by atoms with E-state index in [1.165, 1.54) is 0 Å². The molecule has 0 atom stereocenters. The number of carbonyl (C=O) groups is 1. The lowest BCUT2D eigenvalue weighted by Crippen LogP contribution is -2.48. The highest BCUT2D eigenvalue weighted by Crippen LogP contribution is 2.13. The van der Waals surface area contributed by atoms with Gasteiger partial charge in [-0.25, -0.2) is 0 Å². The zero-order valence-corrected chi connectivity index (χ0v) is 12.3. The van der Waals surface area contributed by atoms with Crippen molar-refractivity contribution in [3.63, 3.8) is 0 Å². The smallest absolute Gasteiger partial charge is 0.242 e. The Labute approximate surface area is 121 Å². The fourth-order valence-corrected chi connectivity index (χ4v) is 2.71. The van der Waals surface area contributed by atoms with Crippen LogP contribution in [0.3, 0.4) is 0 Å². The molecule has 1 heterocycles. The van der Waals surface area contributed by atoms with Crippen molar-refractivity contribution >= 4 is 11.6 Å². The van der Waals surface area contributed by atoms with Crippen molar-refractivity contribution in [1.29, 1.82) is 0 Å². The van der Waals surface area contributed by atoms with Crippen LogP contribution in [0.4, 0.5) is 5.69 Å². The van der Waals surface area contributed by atoms with Gasteiger partial charge in [-0.2, -0.15) is 0 Å². The van der Waals surface area contributed by atoms with Crippen molar-refractivity contribution in [1.82, 2.24) is 10.2 Å². The maximum atomic E-state index is 12.4. The Kier molecular flexibility index (Phi) is 5.87. The Morgan fingerprint density at radius 1 is 1.30 bits per heavy atom. The number of hydrogen-bond donors (Lipinski definition) is 2. The molecule has 2 N–H and O–H groups in total. The fraction of sp³-hybridized carbons (Fsp3) is 0.562. The standard InChI is InChI=1S/C16H25N3O/c1-2-12-19(15-8-10-17-11-9-15)16(20)13-18-14-6-4-3-5-7-14/h3-7,15,17-18H,2,8-13H2,1H3. The number of benzene rings is 1. The number of para-hydroxylation sites is 1. The molecule has 4 nitrogen and oxygen atoms in total. The Balaban J connectivity index is 1.89. The average Bonchev–Trinajstić information content (AvgIpc) is 2.52. The number of nitrogens with one attached hydrogen (secondary N) is 2. The maximum Gasteiger partial charge on any atom is 0.242 e. The largest absolute Gasteiger partial charge is 0.376 e. The first-order valence-corrected chi connectivity index (χ1v) is 7.60. The molecular weight excluding hydrogens is 250 g/mol. The molecule has 1 aliphatic heterocycles. The SMILES string of the molecule is CCCN(C(=O)CNc1ccccc1)C1CCNCC1. The molecule has 0 unspecified atom stereocenters. The third-order valence-electron chi connectivity index (χ3n) is 3.75. The van der Waals surface area contributed by atoms with Gasteiger partial charge in [0.25, 0.3) is 0 Å². The zero-order valence-electron chi connectivity index (χ0n) is 12.3. The van der Waals surface area contributed by atoms with Crippen LogP contribution in [-0.2, 0) is 4.79 Å². The minimum atomic E-state index is 0.211. The van der Waals surface area contributed by atoms with E-state index in [4.69, 9.17) is 0 Å². The van der Waals surface area contributed by atoms with E-state index >= 15 is 0 Å². The van der Waals surface area contributed by atoms with Crippen molar-refractivity contribution in [3.05, 3.63) is 30.3 Å². The summed E-state index contributed by atoms with van der Waals surface area (Å²) in [5, 5.41) is 6.57. The molecule has 1 aliphatic rings. The van der Waals surface area contributed by atoms with Crippen molar-refractivity contribution in [2.45, 2.75) is 32.2 Å². The van der Waals surface area contributed by atoms with Gasteiger partial charge in [0, 0.05) is 18.3 Å². The molecule has 1 aromatic rings. The number of rotatable bonds is 6. The molecule has 1 fully saturated rings. The lowest BCUT2D eigenvalue weighted by Gasteiger charge is -2.34. The van der Waals surface area contributed by atoms with E-state index in [2.05, 4.69) is 22.5 Å². The van der Waals surface area contributed by atoms with Crippen LogP contribution in [0, 0.1) is 0 Å². The van der Waals surface area contributed by atoms with Crippen LogP contribution in [-0.4, -0.2) is 43.0 Å². The van der Waals surface area contributed by atoms with Gasteiger partial charge in [-0.05, 0) is 44.5 Å². The monoisotopic (exact) mass is 275 g/mol. The number of carbonyl (C=O) groups excluding carboxylic acids is 1. The summed E-state index contributed by atoms with van der Waals surface area (Å²) in [6, 6.07) is 10.3. The topological polar surface area (TPSA) is 44.4 Å². The van der Waals surface area contributed by atoms with E-state index in [0.29, 0.717) is 12.6 Å². The molecule has 1 aromatic carbocycles. The highest BCUT2D eigenvalue weighted by Gasteiger charge is 2.24. The van der Waals surface area contributed by atoms with Crippen molar-refractivity contribution in [2.24, 2.45) is 0 Å². The van der Waals surface area contributed by atoms with Gasteiger partial charge in [0.1, 0.15) is 0 Å². The molecular formula is C16H25N3O. The zero-order chi connectivity index (χ0) is 14.2. The second-order valence-electron chi connectivity index (χ2n) is 5.29. The second kappa shape index (κ2) is 7.90. The van der Waals surface area contributed by atoms with Gasteiger partial charge in [0.2, 0.25) is 5.91 Å². The van der Waals surface area contributed by atoms with Crippen molar-refractivity contribution < 1.29 is 4.79 Å².